The molecule has 0 atom stereocenters. The van der Waals surface area contributed by atoms with Crippen molar-refractivity contribution in [2.24, 2.45) is 17.3 Å². The molecule has 13 nitrogen and oxygen atoms in total. The van der Waals surface area contributed by atoms with E-state index in [1.54, 1.807) is 62.8 Å². The Morgan fingerprint density at radius 2 is 1.06 bits per heavy atom. The van der Waals surface area contributed by atoms with Crippen molar-refractivity contribution in [3.8, 4) is 17.2 Å². The first-order valence-corrected chi connectivity index (χ1v) is 40.1. The fraction of sp³-hybridized carbons (Fsp3) is 0.456. The van der Waals surface area contributed by atoms with Crippen LogP contribution >= 0.6 is 0 Å². The number of ether oxygens (including phenoxy) is 5. The number of methoxy groups -OCH3 is 2. The molecule has 0 radical (unpaired) electrons. The maximum Gasteiger partial charge on any atom is 0.387 e. The van der Waals surface area contributed by atoms with Crippen molar-refractivity contribution in [3.63, 3.8) is 0 Å². The molecule has 586 valence electrons. The van der Waals surface area contributed by atoms with Crippen molar-refractivity contribution < 1.29 is 55.0 Å². The number of nitrogens with one attached hydrogen (secondary N) is 1. The molecule has 1 saturated carbocycles. The van der Waals surface area contributed by atoms with Crippen molar-refractivity contribution in [2.75, 3.05) is 57.3 Å². The van der Waals surface area contributed by atoms with E-state index in [1.165, 1.54) is 90.4 Å². The van der Waals surface area contributed by atoms with Crippen molar-refractivity contribution in [1.29, 1.82) is 0 Å². The van der Waals surface area contributed by atoms with Crippen LogP contribution in [-0.2, 0) is 75.6 Å². The molecule has 12 rings (SSSR count). The zero-order chi connectivity index (χ0) is 79.0. The van der Waals surface area contributed by atoms with Gasteiger partial charge in [-0.3, -0.25) is 19.8 Å². The van der Waals surface area contributed by atoms with Gasteiger partial charge in [0.25, 0.3) is 5.69 Å². The molecule has 8 aromatic carbocycles. The lowest BCUT2D eigenvalue weighted by atomic mass is 9.94. The summed E-state index contributed by atoms with van der Waals surface area (Å²) in [7, 11) is 0.730. The first-order valence-electron chi connectivity index (χ1n) is 38.2. The zero-order valence-electron chi connectivity index (χ0n) is 66.7. The third-order valence-corrected chi connectivity index (χ3v) is 19.9. The summed E-state index contributed by atoms with van der Waals surface area (Å²) in [6, 6.07) is 61.5. The highest BCUT2D eigenvalue weighted by atomic mass is 32.2. The third kappa shape index (κ3) is 39.4. The maximum absolute atomic E-state index is 12.1. The molecule has 17 heteroatoms. The normalized spacial score (nSPS) is 14.2. The number of aryl methyl sites for hydroxylation is 8. The van der Waals surface area contributed by atoms with E-state index in [9.17, 15) is 36.5 Å². The summed E-state index contributed by atoms with van der Waals surface area (Å²) < 4.78 is 82.6. The Morgan fingerprint density at radius 1 is 0.598 bits per heavy atom. The van der Waals surface area contributed by atoms with Crippen LogP contribution in [0.2, 0.25) is 0 Å². The number of rotatable bonds is 19. The molecule has 0 spiro atoms. The molecule has 1 aliphatic carbocycles. The van der Waals surface area contributed by atoms with E-state index in [0.717, 1.165) is 103 Å². The number of halogens is 3. The van der Waals surface area contributed by atoms with Crippen LogP contribution in [0.4, 0.5) is 24.5 Å². The largest absolute Gasteiger partial charge is 0.497 e. The van der Waals surface area contributed by atoms with Gasteiger partial charge in [-0.2, -0.15) is 8.78 Å². The summed E-state index contributed by atoms with van der Waals surface area (Å²) in [6.45, 7) is 29.6. The number of hydrogen-bond acceptors (Lipinski definition) is 11. The summed E-state index contributed by atoms with van der Waals surface area (Å²) in [4.78, 5) is 24.0. The number of benzene rings is 8. The second-order valence-electron chi connectivity index (χ2n) is 27.5. The van der Waals surface area contributed by atoms with Gasteiger partial charge in [0.2, 0.25) is 5.91 Å². The van der Waals surface area contributed by atoms with Crippen LogP contribution in [0.25, 0.3) is 0 Å². The van der Waals surface area contributed by atoms with E-state index in [2.05, 4.69) is 149 Å². The second-order valence-corrected chi connectivity index (χ2v) is 29.7. The molecule has 107 heavy (non-hydrogen) atoms. The molecule has 4 fully saturated rings. The van der Waals surface area contributed by atoms with E-state index in [1.807, 2.05) is 83.1 Å². The van der Waals surface area contributed by atoms with Gasteiger partial charge in [0, 0.05) is 35.3 Å². The van der Waals surface area contributed by atoms with Gasteiger partial charge in [0.05, 0.1) is 43.9 Å². The van der Waals surface area contributed by atoms with E-state index < -0.39 is 16.4 Å². The lowest BCUT2D eigenvalue weighted by Gasteiger charge is -2.16. The van der Waals surface area contributed by atoms with Crippen LogP contribution in [0.15, 0.2) is 194 Å². The van der Waals surface area contributed by atoms with Crippen molar-refractivity contribution >= 4 is 27.1 Å². The Balaban J connectivity index is 0.000000311. The molecule has 8 aromatic rings. The van der Waals surface area contributed by atoms with E-state index in [4.69, 9.17) is 18.9 Å². The van der Waals surface area contributed by atoms with Gasteiger partial charge in [-0.05, 0) is 196 Å². The number of amides is 1. The lowest BCUT2D eigenvalue weighted by molar-refractivity contribution is -0.385. The number of nitro benzene ring substituents is 1. The Kier molecular flexibility index (Phi) is 45.7. The number of hydrogen-bond donors (Lipinski definition) is 1. The maximum atomic E-state index is 12.1. The first kappa shape index (κ1) is 92.9. The lowest BCUT2D eigenvalue weighted by Crippen LogP contribution is -2.19. The third-order valence-electron chi connectivity index (χ3n) is 17.8. The summed E-state index contributed by atoms with van der Waals surface area (Å²) in [5.41, 5.74) is 13.3. The van der Waals surface area contributed by atoms with Gasteiger partial charge in [0.15, 0.2) is 16.1 Å². The zero-order valence-corrected chi connectivity index (χ0v) is 67.5. The Hall–Kier alpha value is -8.35. The van der Waals surface area contributed by atoms with Crippen LogP contribution in [0, 0.1) is 40.1 Å². The Bertz CT molecular complexity index is 3740. The van der Waals surface area contributed by atoms with Gasteiger partial charge in [-0.1, -0.05) is 241 Å². The number of nitrogens with zero attached hydrogens (tertiary/aromatic N) is 2. The molecular formula is C90H124F3N3O10S. The average Bonchev–Trinajstić information content (AvgIpc) is 1.66. The molecule has 1 amide bonds. The van der Waals surface area contributed by atoms with Gasteiger partial charge in [-0.15, -0.1) is 0 Å². The summed E-state index contributed by atoms with van der Waals surface area (Å²) >= 11 is 0. The highest BCUT2D eigenvalue weighted by Crippen LogP contribution is 2.32. The second kappa shape index (κ2) is 52.6. The smallest absolute Gasteiger partial charge is 0.387 e. The predicted molar refractivity (Wildman–Crippen MR) is 436 cm³/mol. The molecule has 0 aromatic heterocycles. The van der Waals surface area contributed by atoms with Crippen LogP contribution in [0.1, 0.15) is 190 Å². The summed E-state index contributed by atoms with van der Waals surface area (Å²) in [5, 5.41) is 13.3. The minimum absolute atomic E-state index is 0.0405. The molecule has 4 aliphatic rings. The quantitative estimate of drug-likeness (QED) is 0.0607. The highest BCUT2D eigenvalue weighted by Gasteiger charge is 2.34. The van der Waals surface area contributed by atoms with Crippen molar-refractivity contribution in [1.82, 2.24) is 4.90 Å². The number of nitro groups is 1. The molecular weight excluding hydrogens is 1370 g/mol. The topological polar surface area (TPSA) is 156 Å². The molecule has 1 N–H and O–H groups in total. The van der Waals surface area contributed by atoms with Gasteiger partial charge in [0.1, 0.15) is 23.1 Å². The monoisotopic (exact) mass is 1500 g/mol. The van der Waals surface area contributed by atoms with Crippen LogP contribution in [0.3, 0.4) is 0 Å². The molecule has 3 saturated heterocycles. The van der Waals surface area contributed by atoms with E-state index >= 15 is 0 Å². The number of alkyl halides is 2. The standard InChI is InChI=1S/C13H19N.C12H15NO.C11H14O2.C9H10F2O.2C9H12O.C8H9NO2.C7H7F.C6H12O2S.C6H14/c1-2-12-7-3-4-8-13(12)11-14-9-5-6-10-14;1-2-9-3-7-11(8-4-9)13-12(14)10-5-6-10;1-2-9-3-5-10(6-4-9)11-12-7-8-13-11;1-2-7-5-3-4-6-8(7)12-9(10)11;1-3-8-4-6-9(10-2)7-5-8;1-3-8-6-4-5-7-9(8)10-2;1-2-7-5-3-4-6-8(7)9(10)11;1-6-2-4-7(8)5-3-6;1-6(2)3-4-9(7,8)5-6;1-4-5-6(2)3/h3-4,7-8H,2,5-6,9-11H2,1H3;3-4,7-8,10H,2,5-6H2,1H3,(H,13,14);3-6,11H,2,7-8H2,1H3;3-6,9H,2H2,1H3;2*4-7H,3H2,1-2H3;3-6H,2H2,1H3;2-5H,1H3;3-5H2,1-2H3;6H,4-5H2,1-3H3. The number of sulfone groups is 1. The fourth-order valence-electron chi connectivity index (χ4n) is 11.2. The Morgan fingerprint density at radius 3 is 1.44 bits per heavy atom. The van der Waals surface area contributed by atoms with Crippen LogP contribution < -0.4 is 19.5 Å². The molecule has 3 heterocycles. The van der Waals surface area contributed by atoms with Gasteiger partial charge in [-0.25, -0.2) is 12.8 Å². The predicted octanol–water partition coefficient (Wildman–Crippen LogP) is 22.7. The van der Waals surface area contributed by atoms with E-state index in [-0.39, 0.29) is 45.7 Å². The number of likely N-dealkylation sites (tertiary alicyclic amines) is 1. The molecule has 3 aliphatic heterocycles. The molecule has 0 bridgehead atoms. The number of carbonyl (C=O) groups excluding carboxylic acids is 1. The number of carbonyl (C=O) groups is 1. The summed E-state index contributed by atoms with van der Waals surface area (Å²) in [6.07, 6.45) is 15.1. The Labute approximate surface area is 640 Å². The fourth-order valence-corrected chi connectivity index (χ4v) is 13.6. The van der Waals surface area contributed by atoms with Gasteiger partial charge >= 0.3 is 6.61 Å². The first-order chi connectivity index (χ1) is 51.3. The van der Waals surface area contributed by atoms with E-state index in [0.29, 0.717) is 37.6 Å². The highest BCUT2D eigenvalue weighted by molar-refractivity contribution is 7.91. The number of para-hydroxylation sites is 3. The minimum Gasteiger partial charge on any atom is -0.497 e. The SMILES string of the molecule is CC1(C)CCS(=O)(=O)C1.CCCC(C)C.CCc1ccc(C2OCCO2)cc1.CCc1ccc(NC(=O)C2CC2)cc1.CCc1ccc(OC)cc1.CCc1ccccc1CN1CCCC1.CCc1ccccc1OC.CCc1ccccc1OC(F)F.CCc1ccccc1[N+](=O)[O-].Cc1ccc(F)cc1. The van der Waals surface area contributed by atoms with Crippen LogP contribution in [0.5, 0.6) is 17.2 Å². The van der Waals surface area contributed by atoms with Gasteiger partial charge < -0.3 is 29.0 Å². The van der Waals surface area contributed by atoms with Crippen LogP contribution in [-0.4, -0.2) is 82.8 Å². The average molecular weight is 1500 g/mol. The summed E-state index contributed by atoms with van der Waals surface area (Å²) in [5.74, 6) is 4.14. The van der Waals surface area contributed by atoms with Crippen molar-refractivity contribution in [3.05, 3.63) is 266 Å². The number of anilines is 1. The van der Waals surface area contributed by atoms with Crippen molar-refractivity contribution in [2.45, 2.75) is 199 Å². The molecule has 0 unspecified atom stereocenters. The minimum atomic E-state index is -2.74.